The molecule has 1 fully saturated rings. The second-order valence-corrected chi connectivity index (χ2v) is 4.93. The number of H-pyrrole nitrogens is 1. The molecule has 3 nitrogen and oxygen atoms in total. The zero-order valence-electron chi connectivity index (χ0n) is 9.13. The largest absolute Gasteiger partial charge is 0.370 e. The summed E-state index contributed by atoms with van der Waals surface area (Å²) in [7, 11) is 0. The quantitative estimate of drug-likeness (QED) is 0.750. The minimum absolute atomic E-state index is 0. The van der Waals surface area contributed by atoms with Crippen LogP contribution in [0, 0.1) is 0 Å². The maximum absolute atomic E-state index is 5.57. The monoisotopic (exact) mass is 196 g/mol. The van der Waals surface area contributed by atoms with Crippen LogP contribution in [-0.2, 0) is 10.2 Å². The lowest BCUT2D eigenvalue weighted by Crippen LogP contribution is -2.11. The molecule has 0 saturated carbocycles. The van der Waals surface area contributed by atoms with Gasteiger partial charge in [-0.3, -0.25) is 0 Å². The smallest absolute Gasteiger partial charge is 0.135 e. The first-order chi connectivity index (χ1) is 6.57. The number of ether oxygens (including phenoxy) is 1. The molecular formula is C11H20N2O. The molecule has 2 rings (SSSR count). The lowest BCUT2D eigenvalue weighted by molar-refractivity contribution is 0.105. The zero-order valence-corrected chi connectivity index (χ0v) is 9.13. The lowest BCUT2D eigenvalue weighted by Gasteiger charge is -2.15. The SMILES string of the molecule is CC(C)(C)c1cnc(C2CCCO2)[nH]1.[HH]. The number of nitrogens with one attached hydrogen (secondary N) is 1. The molecule has 1 aliphatic heterocycles. The molecule has 0 bridgehead atoms. The molecule has 1 saturated heterocycles. The van der Waals surface area contributed by atoms with Crippen molar-refractivity contribution in [3.05, 3.63) is 17.7 Å². The van der Waals surface area contributed by atoms with E-state index in [1.165, 1.54) is 5.69 Å². The van der Waals surface area contributed by atoms with Gasteiger partial charge in [-0.2, -0.15) is 0 Å². The van der Waals surface area contributed by atoms with Gasteiger partial charge in [-0.1, -0.05) is 20.8 Å². The van der Waals surface area contributed by atoms with Gasteiger partial charge in [0.1, 0.15) is 11.9 Å². The van der Waals surface area contributed by atoms with Gasteiger partial charge >= 0.3 is 0 Å². The topological polar surface area (TPSA) is 37.9 Å². The highest BCUT2D eigenvalue weighted by Crippen LogP contribution is 2.28. The third-order valence-corrected chi connectivity index (χ3v) is 2.64. The Labute approximate surface area is 86.4 Å². The third kappa shape index (κ3) is 1.82. The predicted molar refractivity (Wildman–Crippen MR) is 57.3 cm³/mol. The highest BCUT2D eigenvalue weighted by atomic mass is 16.5. The Morgan fingerprint density at radius 3 is 2.86 bits per heavy atom. The summed E-state index contributed by atoms with van der Waals surface area (Å²) in [5, 5.41) is 0. The molecule has 1 N–H and O–H groups in total. The molecule has 80 valence electrons. The Hall–Kier alpha value is -0.830. The van der Waals surface area contributed by atoms with E-state index in [9.17, 15) is 0 Å². The van der Waals surface area contributed by atoms with Crippen LogP contribution in [0.25, 0.3) is 0 Å². The minimum atomic E-state index is 0. The number of rotatable bonds is 1. The molecule has 1 atom stereocenters. The van der Waals surface area contributed by atoms with Crippen LogP contribution in [0.15, 0.2) is 6.20 Å². The summed E-state index contributed by atoms with van der Waals surface area (Å²) in [4.78, 5) is 7.74. The maximum Gasteiger partial charge on any atom is 0.135 e. The molecule has 14 heavy (non-hydrogen) atoms. The second kappa shape index (κ2) is 3.39. The number of aromatic amines is 1. The van der Waals surface area contributed by atoms with Gasteiger partial charge in [-0.25, -0.2) is 4.98 Å². The fourth-order valence-electron chi connectivity index (χ4n) is 1.67. The summed E-state index contributed by atoms with van der Waals surface area (Å²) < 4.78 is 5.57. The van der Waals surface area contributed by atoms with Crippen molar-refractivity contribution in [1.29, 1.82) is 0 Å². The summed E-state index contributed by atoms with van der Waals surface area (Å²) in [5.41, 5.74) is 1.33. The van der Waals surface area contributed by atoms with Crippen LogP contribution in [0.4, 0.5) is 0 Å². The van der Waals surface area contributed by atoms with Gasteiger partial charge in [0.2, 0.25) is 0 Å². The molecule has 3 heteroatoms. The van der Waals surface area contributed by atoms with Gasteiger partial charge in [0.25, 0.3) is 0 Å². The Kier molecular flexibility index (Phi) is 2.35. The van der Waals surface area contributed by atoms with E-state index in [-0.39, 0.29) is 12.9 Å². The van der Waals surface area contributed by atoms with Crippen LogP contribution >= 0.6 is 0 Å². The van der Waals surface area contributed by atoms with E-state index in [1.807, 2.05) is 6.20 Å². The summed E-state index contributed by atoms with van der Waals surface area (Å²) in [6.07, 6.45) is 4.37. The maximum atomic E-state index is 5.57. The highest BCUT2D eigenvalue weighted by molar-refractivity contribution is 5.12. The van der Waals surface area contributed by atoms with E-state index < -0.39 is 0 Å². The predicted octanol–water partition coefficient (Wildman–Crippen LogP) is 2.80. The Bertz CT molecular complexity index is 311. The first kappa shape index (κ1) is 9.71. The van der Waals surface area contributed by atoms with Crippen molar-refractivity contribution >= 4 is 0 Å². The van der Waals surface area contributed by atoms with Gasteiger partial charge in [0, 0.05) is 25.3 Å². The molecule has 1 unspecified atom stereocenters. The van der Waals surface area contributed by atoms with E-state index in [0.29, 0.717) is 0 Å². The summed E-state index contributed by atoms with van der Waals surface area (Å²) in [6.45, 7) is 7.41. The van der Waals surface area contributed by atoms with Crippen LogP contribution in [-0.4, -0.2) is 16.6 Å². The molecule has 1 aliphatic rings. The standard InChI is InChI=1S/C11H18N2O.H2/c1-11(2,3)9-7-12-10(13-9)8-5-4-6-14-8;/h7-8H,4-6H2,1-3H3,(H,12,13);1H. The van der Waals surface area contributed by atoms with Crippen LogP contribution in [0.5, 0.6) is 0 Å². The highest BCUT2D eigenvalue weighted by Gasteiger charge is 2.23. The fraction of sp³-hybridized carbons (Fsp3) is 0.727. The summed E-state index contributed by atoms with van der Waals surface area (Å²) in [5.74, 6) is 0.993. The molecular weight excluding hydrogens is 176 g/mol. The van der Waals surface area contributed by atoms with Crippen molar-refractivity contribution in [2.45, 2.75) is 45.1 Å². The van der Waals surface area contributed by atoms with Crippen LogP contribution < -0.4 is 0 Å². The third-order valence-electron chi connectivity index (χ3n) is 2.64. The van der Waals surface area contributed by atoms with Crippen LogP contribution in [0.1, 0.15) is 52.7 Å². The van der Waals surface area contributed by atoms with Crippen molar-refractivity contribution in [3.63, 3.8) is 0 Å². The zero-order chi connectivity index (χ0) is 10.2. The van der Waals surface area contributed by atoms with Gasteiger partial charge in [0.15, 0.2) is 0 Å². The van der Waals surface area contributed by atoms with E-state index in [2.05, 4.69) is 30.7 Å². The molecule has 2 heterocycles. The van der Waals surface area contributed by atoms with Gasteiger partial charge in [0.05, 0.1) is 0 Å². The normalized spacial score (nSPS) is 22.9. The molecule has 1 aromatic rings. The second-order valence-electron chi connectivity index (χ2n) is 4.93. The van der Waals surface area contributed by atoms with Crippen LogP contribution in [0.3, 0.4) is 0 Å². The fourth-order valence-corrected chi connectivity index (χ4v) is 1.67. The van der Waals surface area contributed by atoms with Gasteiger partial charge in [-0.15, -0.1) is 0 Å². The van der Waals surface area contributed by atoms with E-state index in [1.54, 1.807) is 0 Å². The number of nitrogens with zero attached hydrogens (tertiary/aromatic N) is 1. The first-order valence-corrected chi connectivity index (χ1v) is 5.24. The molecule has 0 aromatic carbocycles. The molecule has 0 spiro atoms. The Morgan fingerprint density at radius 2 is 2.36 bits per heavy atom. The minimum Gasteiger partial charge on any atom is -0.370 e. The Morgan fingerprint density at radius 1 is 1.57 bits per heavy atom. The van der Waals surface area contributed by atoms with Gasteiger partial charge in [-0.05, 0) is 12.8 Å². The van der Waals surface area contributed by atoms with Crippen LogP contribution in [0.2, 0.25) is 0 Å². The van der Waals surface area contributed by atoms with Gasteiger partial charge < -0.3 is 9.72 Å². The average Bonchev–Trinajstić information content (AvgIpc) is 2.73. The lowest BCUT2D eigenvalue weighted by atomic mass is 9.93. The molecule has 0 aliphatic carbocycles. The van der Waals surface area contributed by atoms with E-state index in [4.69, 9.17) is 4.74 Å². The van der Waals surface area contributed by atoms with E-state index in [0.717, 1.165) is 25.3 Å². The number of hydrogen-bond donors (Lipinski definition) is 1. The van der Waals surface area contributed by atoms with Crippen molar-refractivity contribution < 1.29 is 6.16 Å². The first-order valence-electron chi connectivity index (χ1n) is 5.24. The molecule has 0 radical (unpaired) electrons. The number of imidazole rings is 1. The number of aromatic nitrogens is 2. The average molecular weight is 196 g/mol. The van der Waals surface area contributed by atoms with Crippen molar-refractivity contribution in [2.75, 3.05) is 6.61 Å². The van der Waals surface area contributed by atoms with Crippen molar-refractivity contribution in [2.24, 2.45) is 0 Å². The van der Waals surface area contributed by atoms with Crippen molar-refractivity contribution in [1.82, 2.24) is 9.97 Å². The molecule has 1 aromatic heterocycles. The summed E-state index contributed by atoms with van der Waals surface area (Å²) >= 11 is 0. The van der Waals surface area contributed by atoms with Crippen molar-refractivity contribution in [3.8, 4) is 0 Å². The summed E-state index contributed by atoms with van der Waals surface area (Å²) in [6, 6.07) is 0. The van der Waals surface area contributed by atoms with E-state index >= 15 is 0 Å². The number of hydrogen-bond acceptors (Lipinski definition) is 2. The Balaban J connectivity index is 0.00000112. The molecule has 0 amide bonds.